The molecular weight excluding hydrogens is 1280 g/mol. The van der Waals surface area contributed by atoms with Crippen LogP contribution in [0.3, 0.4) is 0 Å². The summed E-state index contributed by atoms with van der Waals surface area (Å²) in [6.45, 7) is 18.0. The van der Waals surface area contributed by atoms with Crippen LogP contribution >= 0.6 is 48.0 Å². The van der Waals surface area contributed by atoms with Crippen molar-refractivity contribution in [1.29, 1.82) is 0 Å². The van der Waals surface area contributed by atoms with Gasteiger partial charge in [-0.2, -0.15) is 0 Å². The molecular formula is C58H74F2I2N6O13. The number of methoxy groups -OCH3 is 4. The standard InChI is InChI=1S/C16H14N2O3.C15H12F2N2O3.C15H14N2O4.C5H8O3.3C2H6.CH4.2HI.H2/c1-3-16(15(19)20-2)10-14(18-21-16)12-6-7-13-11(9-12)5-4-8-17-13;1-21-14(20)15(13(16)17)8-12(19-22-15)10-4-5-11-9(7-10)3-2-6-18-11;1-20-14(19)15(9-18)8-13(17-21-15)11-4-5-12-10(7-11)3-2-6-16-12;1-4(3-6)5(7)8-2;3*1-2;;;;/h3-9H,1,10H2,2H3;2-7,13H,8H2,1H3;2-7,18H,8-9H2,1H3;6H,1,3H2,2H3;3*1-2H3;1H4;3*1H/i;;;;;;;;;;1+1. The van der Waals surface area contributed by atoms with E-state index in [1.54, 1.807) is 42.9 Å². The molecule has 0 fully saturated rings. The molecule has 0 saturated carbocycles. The highest BCUT2D eigenvalue weighted by atomic mass is 127. The number of hydrogen-bond acceptors (Lipinski definition) is 19. The third kappa shape index (κ3) is 18.2. The summed E-state index contributed by atoms with van der Waals surface area (Å²) in [5.41, 5.74) is 1.49. The van der Waals surface area contributed by atoms with Crippen molar-refractivity contribution in [2.75, 3.05) is 41.7 Å². The van der Waals surface area contributed by atoms with Crippen LogP contribution in [0.4, 0.5) is 8.78 Å². The number of fused-ring (bicyclic) bond motifs is 3. The van der Waals surface area contributed by atoms with Gasteiger partial charge in [0.1, 0.15) is 0 Å². The van der Waals surface area contributed by atoms with Crippen LogP contribution in [0.2, 0.25) is 0 Å². The van der Waals surface area contributed by atoms with Gasteiger partial charge in [-0.25, -0.2) is 28.0 Å². The molecule has 0 bridgehead atoms. The molecule has 2 N–H and O–H groups in total. The summed E-state index contributed by atoms with van der Waals surface area (Å²) in [7, 11) is 4.85. The number of ether oxygens (including phenoxy) is 4. The van der Waals surface area contributed by atoms with Crippen molar-refractivity contribution in [1.82, 2.24) is 15.0 Å². The maximum Gasteiger partial charge on any atom is 0.359 e. The molecule has 442 valence electrons. The van der Waals surface area contributed by atoms with Gasteiger partial charge in [-0.1, -0.05) is 114 Å². The first-order chi connectivity index (χ1) is 37.6. The quantitative estimate of drug-likeness (QED) is 0.0402. The smallest absolute Gasteiger partial charge is 0.359 e. The molecule has 0 amide bonds. The minimum Gasteiger partial charge on any atom is -0.466 e. The molecule has 19 nitrogen and oxygen atoms in total. The molecule has 3 aromatic heterocycles. The second kappa shape index (κ2) is 36.3. The number of aromatic nitrogens is 3. The first kappa shape index (κ1) is 73.9. The van der Waals surface area contributed by atoms with Gasteiger partial charge in [-0.15, -0.1) is 48.0 Å². The molecule has 23 heteroatoms. The van der Waals surface area contributed by atoms with Gasteiger partial charge in [0.25, 0.3) is 23.2 Å². The van der Waals surface area contributed by atoms with E-state index in [0.717, 1.165) is 50.9 Å². The molecule has 6 aromatic rings. The number of aliphatic hydroxyl groups excluding tert-OH is 2. The van der Waals surface area contributed by atoms with E-state index in [1.807, 2.05) is 108 Å². The topological polar surface area (TPSA) is 249 Å². The highest BCUT2D eigenvalue weighted by molar-refractivity contribution is 14.0. The second-order valence-corrected chi connectivity index (χ2v) is 15.8. The Hall–Kier alpha value is -7.10. The molecule has 0 radical (unpaired) electrons. The van der Waals surface area contributed by atoms with Crippen LogP contribution in [-0.4, -0.2) is 131 Å². The van der Waals surface area contributed by atoms with E-state index in [0.29, 0.717) is 23.4 Å². The number of carbonyl (C=O) groups excluding carboxylic acids is 4. The van der Waals surface area contributed by atoms with Gasteiger partial charge < -0.3 is 43.7 Å². The Kier molecular flexibility index (Phi) is 33.1. The van der Waals surface area contributed by atoms with Crippen LogP contribution < -0.4 is 0 Å². The van der Waals surface area contributed by atoms with Crippen molar-refractivity contribution in [2.45, 2.75) is 91.5 Å². The summed E-state index contributed by atoms with van der Waals surface area (Å²) in [5, 5.41) is 32.1. The van der Waals surface area contributed by atoms with Crippen LogP contribution in [-0.2, 0) is 52.6 Å². The summed E-state index contributed by atoms with van der Waals surface area (Å²) >= 11 is 0. The second-order valence-electron chi connectivity index (χ2n) is 15.8. The average molecular weight is 1360 g/mol. The number of aliphatic hydroxyl groups is 2. The van der Waals surface area contributed by atoms with E-state index in [4.69, 9.17) is 24.4 Å². The third-order valence-corrected chi connectivity index (χ3v) is 11.3. The summed E-state index contributed by atoms with van der Waals surface area (Å²) < 4.78 is 44.6. The van der Waals surface area contributed by atoms with Crippen LogP contribution in [0, 0.1) is 0 Å². The lowest BCUT2D eigenvalue weighted by Crippen LogP contribution is -2.46. The monoisotopic (exact) mass is 1360 g/mol. The van der Waals surface area contributed by atoms with Crippen LogP contribution in [0.1, 0.15) is 86.3 Å². The predicted molar refractivity (Wildman–Crippen MR) is 331 cm³/mol. The molecule has 0 aliphatic carbocycles. The van der Waals surface area contributed by atoms with E-state index >= 15 is 0 Å². The van der Waals surface area contributed by atoms with E-state index in [1.165, 1.54) is 27.4 Å². The summed E-state index contributed by atoms with van der Waals surface area (Å²) in [5.74, 6) is -2.83. The van der Waals surface area contributed by atoms with E-state index < -0.39 is 53.7 Å². The number of halogens is 4. The minimum atomic E-state index is -3.04. The van der Waals surface area contributed by atoms with E-state index in [-0.39, 0.29) is 87.5 Å². The number of hydrogen-bond donors (Lipinski definition) is 2. The lowest BCUT2D eigenvalue weighted by Gasteiger charge is -2.22. The molecule has 3 aromatic carbocycles. The molecule has 3 unspecified atom stereocenters. The van der Waals surface area contributed by atoms with Crippen molar-refractivity contribution in [3.05, 3.63) is 151 Å². The van der Waals surface area contributed by atoms with Crippen molar-refractivity contribution < 1.29 is 73.1 Å². The number of benzene rings is 3. The average Bonchev–Trinajstić information content (AvgIpc) is 4.30. The number of carbonyl (C=O) groups is 4. The van der Waals surface area contributed by atoms with Gasteiger partial charge in [0, 0.05) is 59.3 Å². The number of alkyl halides is 2. The summed E-state index contributed by atoms with van der Waals surface area (Å²) in [6.07, 6.45) is 3.66. The highest BCUT2D eigenvalue weighted by Crippen LogP contribution is 2.35. The van der Waals surface area contributed by atoms with Crippen LogP contribution in [0.15, 0.2) is 150 Å². The fourth-order valence-electron chi connectivity index (χ4n) is 7.22. The Balaban J connectivity index is 0. The third-order valence-electron chi connectivity index (χ3n) is 11.3. The molecule has 0 spiro atoms. The number of oxime groups is 3. The van der Waals surface area contributed by atoms with Gasteiger partial charge in [-0.3, -0.25) is 15.0 Å². The van der Waals surface area contributed by atoms with Gasteiger partial charge in [0.15, 0.2) is 0 Å². The largest absolute Gasteiger partial charge is 0.466 e. The SMILES string of the molecule is C.C=C(CO)C(=O)OC.C=CC1(C(=O)OC)CC(c2ccc3ncccc3c2)=NO1.CC.CC.CC.COC(=O)C1(C(F)F)CC(c2ccc3ncccc3c2)=NO1.COC(=O)C1(CO)CC(c2ccc3ncccc3c2)=NO1.I.I.[2HH]. The zero-order chi connectivity index (χ0) is 58.1. The fraction of sp³-hybridized carbons (Fsp3) is 0.345. The maximum absolute atomic E-state index is 13.3. The van der Waals surface area contributed by atoms with Crippen molar-refractivity contribution >= 4 is 122 Å². The molecule has 9 rings (SSSR count). The molecule has 6 heterocycles. The van der Waals surface area contributed by atoms with Crippen molar-refractivity contribution in [3.63, 3.8) is 0 Å². The lowest BCUT2D eigenvalue weighted by atomic mass is 9.94. The highest BCUT2D eigenvalue weighted by Gasteiger charge is 2.56. The van der Waals surface area contributed by atoms with E-state index in [2.05, 4.69) is 57.8 Å². The first-order valence-electron chi connectivity index (χ1n) is 24.6. The predicted octanol–water partition coefficient (Wildman–Crippen LogP) is 11.2. The van der Waals surface area contributed by atoms with E-state index in [9.17, 15) is 33.1 Å². The molecule has 3 aliphatic heterocycles. The first-order valence-corrected chi connectivity index (χ1v) is 24.6. The van der Waals surface area contributed by atoms with Crippen LogP contribution in [0.25, 0.3) is 32.7 Å². The molecule has 3 aliphatic rings. The van der Waals surface area contributed by atoms with Gasteiger partial charge in [0.2, 0.25) is 0 Å². The van der Waals surface area contributed by atoms with Crippen molar-refractivity contribution in [2.24, 2.45) is 15.5 Å². The van der Waals surface area contributed by atoms with Gasteiger partial charge in [0.05, 0.1) is 93.8 Å². The number of esters is 4. The molecule has 3 atom stereocenters. The zero-order valence-corrected chi connectivity index (χ0v) is 50.8. The minimum absolute atomic E-state index is 0. The Morgan fingerprint density at radius 3 is 1.36 bits per heavy atom. The Morgan fingerprint density at radius 1 is 0.605 bits per heavy atom. The number of rotatable bonds is 11. The summed E-state index contributed by atoms with van der Waals surface area (Å²) in [6, 6.07) is 28.0. The molecule has 0 saturated heterocycles. The summed E-state index contributed by atoms with van der Waals surface area (Å²) in [4.78, 5) is 73.5. The van der Waals surface area contributed by atoms with Gasteiger partial charge >= 0.3 is 23.9 Å². The number of pyridine rings is 3. The molecule has 81 heavy (non-hydrogen) atoms. The fourth-order valence-corrected chi connectivity index (χ4v) is 7.22. The van der Waals surface area contributed by atoms with Gasteiger partial charge in [-0.05, 0) is 60.7 Å². The lowest BCUT2D eigenvalue weighted by molar-refractivity contribution is -0.186. The Morgan fingerprint density at radius 2 is 1.00 bits per heavy atom. The normalized spacial score (nSPS) is 17.5. The van der Waals surface area contributed by atoms with Crippen molar-refractivity contribution in [3.8, 4) is 0 Å². The zero-order valence-electron chi connectivity index (χ0n) is 46.1. The Labute approximate surface area is 506 Å². The number of nitrogens with zero attached hydrogens (tertiary/aromatic N) is 6. The Bertz CT molecular complexity index is 3120. The maximum atomic E-state index is 13.3. The van der Waals surface area contributed by atoms with Crippen LogP contribution in [0.5, 0.6) is 0 Å².